The van der Waals surface area contributed by atoms with Crippen molar-refractivity contribution in [2.45, 2.75) is 12.3 Å². The molecule has 2 N–H and O–H groups in total. The number of rotatable bonds is 2. The van der Waals surface area contributed by atoms with Gasteiger partial charge in [-0.05, 0) is 13.0 Å². The van der Waals surface area contributed by atoms with Crippen LogP contribution in [0.2, 0.25) is 0 Å². The Hall–Kier alpha value is -1.68. The molecule has 148 valence electrons. The van der Waals surface area contributed by atoms with Crippen molar-refractivity contribution in [2.75, 3.05) is 72.1 Å². The Morgan fingerprint density at radius 1 is 1.04 bits per heavy atom. The molecule has 1 atom stereocenters. The molecule has 0 saturated carbocycles. The highest BCUT2D eigenvalue weighted by molar-refractivity contribution is 5.76. The Morgan fingerprint density at radius 3 is 2.31 bits per heavy atom. The topological polar surface area (TPSA) is 77.2 Å². The second-order valence-electron chi connectivity index (χ2n) is 6.97. The van der Waals surface area contributed by atoms with Gasteiger partial charge in [0.2, 0.25) is 0 Å². The van der Waals surface area contributed by atoms with E-state index in [1.54, 1.807) is 14.7 Å². The number of morpholine rings is 1. The minimum atomic E-state index is -2.80. The number of carbonyl (C=O) groups is 2. The van der Waals surface area contributed by atoms with Gasteiger partial charge in [0.15, 0.2) is 0 Å². The average molecular weight is 375 g/mol. The van der Waals surface area contributed by atoms with Gasteiger partial charge >= 0.3 is 12.1 Å². The van der Waals surface area contributed by atoms with Crippen molar-refractivity contribution in [2.24, 2.45) is 5.92 Å². The van der Waals surface area contributed by atoms with Gasteiger partial charge in [0.05, 0.1) is 19.8 Å². The molecule has 0 aromatic carbocycles. The van der Waals surface area contributed by atoms with Gasteiger partial charge in [0, 0.05) is 51.7 Å². The molecule has 0 aromatic heterocycles. The zero-order chi connectivity index (χ0) is 18.6. The molecule has 1 unspecified atom stereocenters. The van der Waals surface area contributed by atoms with Crippen LogP contribution in [-0.2, 0) is 4.74 Å². The molecule has 0 spiro atoms. The molecular formula is C16H27F2N5O3. The highest BCUT2D eigenvalue weighted by Gasteiger charge is 2.41. The predicted octanol–water partition coefficient (Wildman–Crippen LogP) is 0.0106. The molecule has 3 aliphatic heterocycles. The Bertz CT molecular complexity index is 508. The number of ether oxygens (including phenoxy) is 1. The smallest absolute Gasteiger partial charge is 0.320 e. The number of piperidine rings is 1. The van der Waals surface area contributed by atoms with Crippen molar-refractivity contribution in [3.63, 3.8) is 0 Å². The third-order valence-electron chi connectivity index (χ3n) is 5.25. The highest BCUT2D eigenvalue weighted by Crippen LogP contribution is 2.28. The second kappa shape index (κ2) is 8.34. The van der Waals surface area contributed by atoms with Crippen LogP contribution in [0, 0.1) is 5.92 Å². The number of hydrogen-bond donors (Lipinski definition) is 2. The molecule has 3 saturated heterocycles. The van der Waals surface area contributed by atoms with Crippen molar-refractivity contribution in [3.05, 3.63) is 0 Å². The number of amides is 4. The standard InChI is InChI=1S/C16H27F2N5O3/c17-16(18)12-19-2-1-13(16)11-20-14(24)21-3-5-22(6-4-21)15(25)23-7-9-26-10-8-23/h13,19H,1-12H2,(H,20,24). The first-order valence-electron chi connectivity index (χ1n) is 9.20. The zero-order valence-corrected chi connectivity index (χ0v) is 14.9. The van der Waals surface area contributed by atoms with Gasteiger partial charge < -0.3 is 30.1 Å². The lowest BCUT2D eigenvalue weighted by Crippen LogP contribution is -2.57. The lowest BCUT2D eigenvalue weighted by molar-refractivity contribution is -0.0713. The first kappa shape index (κ1) is 19.1. The normalized spacial score (nSPS) is 26.5. The molecule has 10 heteroatoms. The Labute approximate surface area is 151 Å². The van der Waals surface area contributed by atoms with E-state index in [2.05, 4.69) is 10.6 Å². The molecule has 26 heavy (non-hydrogen) atoms. The van der Waals surface area contributed by atoms with Crippen LogP contribution in [0.3, 0.4) is 0 Å². The van der Waals surface area contributed by atoms with E-state index < -0.39 is 11.8 Å². The van der Waals surface area contributed by atoms with Crippen LogP contribution in [0.25, 0.3) is 0 Å². The van der Waals surface area contributed by atoms with Crippen LogP contribution in [0.15, 0.2) is 0 Å². The lowest BCUT2D eigenvalue weighted by Gasteiger charge is -2.38. The summed E-state index contributed by atoms with van der Waals surface area (Å²) in [7, 11) is 0. The first-order chi connectivity index (χ1) is 12.5. The Balaban J connectivity index is 1.41. The largest absolute Gasteiger partial charge is 0.378 e. The van der Waals surface area contributed by atoms with Crippen LogP contribution in [0.4, 0.5) is 18.4 Å². The zero-order valence-electron chi connectivity index (χ0n) is 14.9. The van der Waals surface area contributed by atoms with Gasteiger partial charge in [0.1, 0.15) is 0 Å². The maximum absolute atomic E-state index is 13.8. The third-order valence-corrected chi connectivity index (χ3v) is 5.25. The van der Waals surface area contributed by atoms with Gasteiger partial charge in [-0.25, -0.2) is 18.4 Å². The van der Waals surface area contributed by atoms with Crippen LogP contribution >= 0.6 is 0 Å². The van der Waals surface area contributed by atoms with Crippen LogP contribution in [0.5, 0.6) is 0 Å². The fourth-order valence-corrected chi connectivity index (χ4v) is 3.52. The van der Waals surface area contributed by atoms with E-state index in [9.17, 15) is 18.4 Å². The number of piperazine rings is 1. The van der Waals surface area contributed by atoms with Crippen LogP contribution in [-0.4, -0.2) is 105 Å². The predicted molar refractivity (Wildman–Crippen MR) is 90.3 cm³/mol. The van der Waals surface area contributed by atoms with E-state index in [-0.39, 0.29) is 25.2 Å². The van der Waals surface area contributed by atoms with Crippen molar-refractivity contribution in [1.82, 2.24) is 25.3 Å². The first-order valence-corrected chi connectivity index (χ1v) is 9.20. The summed E-state index contributed by atoms with van der Waals surface area (Å²) in [6.07, 6.45) is 0.342. The maximum atomic E-state index is 13.8. The van der Waals surface area contributed by atoms with Gasteiger partial charge in [-0.3, -0.25) is 0 Å². The molecule has 0 aromatic rings. The van der Waals surface area contributed by atoms with E-state index in [4.69, 9.17) is 4.74 Å². The highest BCUT2D eigenvalue weighted by atomic mass is 19.3. The average Bonchev–Trinajstić information content (AvgIpc) is 2.67. The Morgan fingerprint density at radius 2 is 1.65 bits per heavy atom. The van der Waals surface area contributed by atoms with E-state index >= 15 is 0 Å². The van der Waals surface area contributed by atoms with Crippen LogP contribution < -0.4 is 10.6 Å². The van der Waals surface area contributed by atoms with E-state index in [0.717, 1.165) is 0 Å². The minimum Gasteiger partial charge on any atom is -0.378 e. The summed E-state index contributed by atoms with van der Waals surface area (Å²) in [5.74, 6) is -3.63. The van der Waals surface area contributed by atoms with Crippen molar-refractivity contribution in [1.29, 1.82) is 0 Å². The number of halogens is 2. The molecule has 0 radical (unpaired) electrons. The molecule has 0 bridgehead atoms. The lowest BCUT2D eigenvalue weighted by atomic mass is 9.94. The molecule has 3 heterocycles. The van der Waals surface area contributed by atoms with Gasteiger partial charge in [0.25, 0.3) is 5.92 Å². The summed E-state index contributed by atoms with van der Waals surface area (Å²) in [4.78, 5) is 29.8. The van der Waals surface area contributed by atoms with Crippen LogP contribution in [0.1, 0.15) is 6.42 Å². The molecule has 8 nitrogen and oxygen atoms in total. The van der Waals surface area contributed by atoms with Gasteiger partial charge in [-0.1, -0.05) is 0 Å². The number of nitrogens with zero attached hydrogens (tertiary/aromatic N) is 3. The molecular weight excluding hydrogens is 348 g/mol. The molecule has 3 rings (SSSR count). The SMILES string of the molecule is O=C(NCC1CCNCC1(F)F)N1CCN(C(=O)N2CCOCC2)CC1. The van der Waals surface area contributed by atoms with E-state index in [0.29, 0.717) is 65.4 Å². The quantitative estimate of drug-likeness (QED) is 0.713. The summed E-state index contributed by atoms with van der Waals surface area (Å²) in [5.41, 5.74) is 0. The van der Waals surface area contributed by atoms with E-state index in [1.807, 2.05) is 0 Å². The van der Waals surface area contributed by atoms with Crippen molar-refractivity contribution < 1.29 is 23.1 Å². The summed E-state index contributed by atoms with van der Waals surface area (Å²) in [6.45, 7) is 4.17. The summed E-state index contributed by atoms with van der Waals surface area (Å²) in [5, 5.41) is 5.31. The number of alkyl halides is 2. The van der Waals surface area contributed by atoms with Gasteiger partial charge in [-0.15, -0.1) is 0 Å². The maximum Gasteiger partial charge on any atom is 0.320 e. The van der Waals surface area contributed by atoms with Crippen molar-refractivity contribution >= 4 is 12.1 Å². The minimum absolute atomic E-state index is 0.0253. The monoisotopic (exact) mass is 375 g/mol. The molecule has 3 aliphatic rings. The Kier molecular flexibility index (Phi) is 6.13. The third kappa shape index (κ3) is 4.53. The number of nitrogens with one attached hydrogen (secondary N) is 2. The summed E-state index contributed by atoms with van der Waals surface area (Å²) >= 11 is 0. The fourth-order valence-electron chi connectivity index (χ4n) is 3.52. The summed E-state index contributed by atoms with van der Waals surface area (Å²) in [6, 6.07) is -0.361. The van der Waals surface area contributed by atoms with E-state index in [1.165, 1.54) is 0 Å². The second-order valence-corrected chi connectivity index (χ2v) is 6.97. The number of hydrogen-bond acceptors (Lipinski definition) is 4. The summed E-state index contributed by atoms with van der Waals surface area (Å²) < 4.78 is 32.8. The molecule has 3 fully saturated rings. The number of urea groups is 2. The fraction of sp³-hybridized carbons (Fsp3) is 0.875. The number of carbonyl (C=O) groups excluding carboxylic acids is 2. The molecule has 4 amide bonds. The molecule has 0 aliphatic carbocycles. The van der Waals surface area contributed by atoms with Crippen molar-refractivity contribution in [3.8, 4) is 0 Å². The van der Waals surface area contributed by atoms with Gasteiger partial charge in [-0.2, -0.15) is 0 Å².